The molecule has 0 aliphatic carbocycles. The lowest BCUT2D eigenvalue weighted by Crippen LogP contribution is -2.36. The maximum absolute atomic E-state index is 12.7. The first-order valence-corrected chi connectivity index (χ1v) is 11.5. The smallest absolute Gasteiger partial charge is 0.324 e. The molecule has 0 bridgehead atoms. The van der Waals surface area contributed by atoms with E-state index in [0.29, 0.717) is 19.4 Å². The third-order valence-electron chi connectivity index (χ3n) is 6.16. The van der Waals surface area contributed by atoms with Gasteiger partial charge in [-0.3, -0.25) is 14.5 Å². The largest absolute Gasteiger partial charge is 0.361 e. The fourth-order valence-corrected chi connectivity index (χ4v) is 4.28. The number of nitrogens with one attached hydrogen (secondary N) is 3. The van der Waals surface area contributed by atoms with Crippen molar-refractivity contribution >= 4 is 28.7 Å². The number of aromatic amines is 1. The number of urea groups is 1. The van der Waals surface area contributed by atoms with E-state index in [2.05, 4.69) is 27.8 Å². The van der Waals surface area contributed by atoms with Crippen molar-refractivity contribution in [1.82, 2.24) is 20.5 Å². The summed E-state index contributed by atoms with van der Waals surface area (Å²) in [6, 6.07) is 17.1. The first-order chi connectivity index (χ1) is 16.0. The molecule has 0 saturated carbocycles. The minimum absolute atomic E-state index is 0.0410. The Bertz CT molecular complexity index is 1120. The molecule has 3 aromatic rings. The number of aryl methyl sites for hydroxylation is 1. The van der Waals surface area contributed by atoms with Crippen LogP contribution in [0.4, 0.5) is 4.79 Å². The maximum Gasteiger partial charge on any atom is 0.324 e. The maximum atomic E-state index is 12.7. The van der Waals surface area contributed by atoms with Gasteiger partial charge in [-0.1, -0.05) is 48.5 Å². The summed E-state index contributed by atoms with van der Waals surface area (Å²) in [5.41, 5.74) is 3.34. The summed E-state index contributed by atoms with van der Waals surface area (Å²) in [6.07, 6.45) is 4.73. The lowest BCUT2D eigenvalue weighted by Gasteiger charge is -2.15. The van der Waals surface area contributed by atoms with Crippen molar-refractivity contribution in [3.63, 3.8) is 0 Å². The number of aromatic nitrogens is 1. The number of para-hydroxylation sites is 1. The van der Waals surface area contributed by atoms with Crippen LogP contribution in [0.5, 0.6) is 0 Å². The van der Waals surface area contributed by atoms with Crippen LogP contribution >= 0.6 is 0 Å². The summed E-state index contributed by atoms with van der Waals surface area (Å²) in [7, 11) is 0. The molecule has 4 rings (SSSR count). The predicted octanol–water partition coefficient (Wildman–Crippen LogP) is 3.55. The Morgan fingerprint density at radius 1 is 1.06 bits per heavy atom. The number of hydrogen-bond donors (Lipinski definition) is 3. The molecule has 2 atom stereocenters. The van der Waals surface area contributed by atoms with Gasteiger partial charge in [0, 0.05) is 36.1 Å². The van der Waals surface area contributed by atoms with Gasteiger partial charge in [0.25, 0.3) is 5.91 Å². The van der Waals surface area contributed by atoms with E-state index in [4.69, 9.17) is 0 Å². The standard InChI is InChI=1S/C26H30N4O3/c1-18(11-12-19-7-3-2-4-8-19)28-24(31)14-13-23-25(32)30(26(33)29-23)16-15-20-17-27-22-10-6-5-9-21(20)22/h2-10,17-18,23,27H,11-16H2,1H3,(H,28,31)(H,29,33)/t18-,23-/m0/s1. The average molecular weight is 447 g/mol. The van der Waals surface area contributed by atoms with Gasteiger partial charge in [-0.2, -0.15) is 0 Å². The topological polar surface area (TPSA) is 94.3 Å². The number of benzene rings is 2. The van der Waals surface area contributed by atoms with E-state index in [1.165, 1.54) is 10.5 Å². The van der Waals surface area contributed by atoms with Crippen molar-refractivity contribution < 1.29 is 14.4 Å². The van der Waals surface area contributed by atoms with Gasteiger partial charge in [-0.15, -0.1) is 0 Å². The Kier molecular flexibility index (Phi) is 7.07. The van der Waals surface area contributed by atoms with E-state index >= 15 is 0 Å². The molecular weight excluding hydrogens is 416 g/mol. The van der Waals surface area contributed by atoms with Crippen molar-refractivity contribution in [2.24, 2.45) is 0 Å². The van der Waals surface area contributed by atoms with Crippen molar-refractivity contribution in [2.45, 2.75) is 51.1 Å². The van der Waals surface area contributed by atoms with Crippen molar-refractivity contribution in [3.05, 3.63) is 71.9 Å². The highest BCUT2D eigenvalue weighted by atomic mass is 16.2. The lowest BCUT2D eigenvalue weighted by atomic mass is 10.1. The summed E-state index contributed by atoms with van der Waals surface area (Å²) in [4.78, 5) is 41.9. The number of carbonyl (C=O) groups is 3. The molecule has 3 N–H and O–H groups in total. The number of H-pyrrole nitrogens is 1. The van der Waals surface area contributed by atoms with Gasteiger partial charge in [0.05, 0.1) is 0 Å². The van der Waals surface area contributed by atoms with Crippen LogP contribution in [-0.4, -0.2) is 46.4 Å². The number of carbonyl (C=O) groups excluding carboxylic acids is 3. The average Bonchev–Trinajstić information content (AvgIpc) is 3.35. The third kappa shape index (κ3) is 5.61. The highest BCUT2D eigenvalue weighted by Gasteiger charge is 2.37. The van der Waals surface area contributed by atoms with E-state index in [0.717, 1.165) is 29.3 Å². The second kappa shape index (κ2) is 10.3. The quantitative estimate of drug-likeness (QED) is 0.416. The zero-order valence-corrected chi connectivity index (χ0v) is 18.8. The van der Waals surface area contributed by atoms with Gasteiger partial charge in [-0.25, -0.2) is 4.79 Å². The number of nitrogens with zero attached hydrogens (tertiary/aromatic N) is 1. The number of hydrogen-bond acceptors (Lipinski definition) is 3. The van der Waals surface area contributed by atoms with Crippen LogP contribution in [0.1, 0.15) is 37.3 Å². The first-order valence-electron chi connectivity index (χ1n) is 11.5. The van der Waals surface area contributed by atoms with Crippen LogP contribution in [-0.2, 0) is 22.4 Å². The fourth-order valence-electron chi connectivity index (χ4n) is 4.28. The van der Waals surface area contributed by atoms with E-state index in [1.54, 1.807) is 0 Å². The molecule has 7 heteroatoms. The van der Waals surface area contributed by atoms with E-state index in [-0.39, 0.29) is 30.3 Å². The van der Waals surface area contributed by atoms with Crippen LogP contribution < -0.4 is 10.6 Å². The lowest BCUT2D eigenvalue weighted by molar-refractivity contribution is -0.127. The molecule has 1 saturated heterocycles. The van der Waals surface area contributed by atoms with E-state index in [9.17, 15) is 14.4 Å². The molecule has 7 nitrogen and oxygen atoms in total. The molecule has 0 unspecified atom stereocenters. The highest BCUT2D eigenvalue weighted by Crippen LogP contribution is 2.19. The Labute approximate surface area is 193 Å². The number of fused-ring (bicyclic) bond motifs is 1. The SMILES string of the molecule is C[C@@H](CCc1ccccc1)NC(=O)CC[C@@H]1NC(=O)N(CCc2c[nH]c3ccccc23)C1=O. The van der Waals surface area contributed by atoms with Gasteiger partial charge in [-0.05, 0) is 49.8 Å². The molecule has 33 heavy (non-hydrogen) atoms. The molecular formula is C26H30N4O3. The minimum atomic E-state index is -0.647. The summed E-state index contributed by atoms with van der Waals surface area (Å²) in [5, 5.41) is 6.81. The number of imide groups is 1. The van der Waals surface area contributed by atoms with E-state index < -0.39 is 6.04 Å². The Hall–Kier alpha value is -3.61. The van der Waals surface area contributed by atoms with Gasteiger partial charge in [0.2, 0.25) is 5.91 Å². The summed E-state index contributed by atoms with van der Waals surface area (Å²) >= 11 is 0. The fraction of sp³-hybridized carbons (Fsp3) is 0.346. The van der Waals surface area contributed by atoms with Crippen molar-refractivity contribution in [2.75, 3.05) is 6.54 Å². The van der Waals surface area contributed by atoms with Gasteiger partial charge < -0.3 is 15.6 Å². The van der Waals surface area contributed by atoms with Crippen LogP contribution in [0, 0.1) is 0 Å². The van der Waals surface area contributed by atoms with Crippen molar-refractivity contribution in [1.29, 1.82) is 0 Å². The molecule has 1 aliphatic rings. The van der Waals surface area contributed by atoms with E-state index in [1.807, 2.05) is 55.6 Å². The number of amides is 4. The summed E-state index contributed by atoms with van der Waals surface area (Å²) in [5.74, 6) is -0.361. The molecule has 0 spiro atoms. The summed E-state index contributed by atoms with van der Waals surface area (Å²) < 4.78 is 0. The van der Waals surface area contributed by atoms with Gasteiger partial charge >= 0.3 is 6.03 Å². The molecule has 4 amide bonds. The zero-order chi connectivity index (χ0) is 23.2. The monoisotopic (exact) mass is 446 g/mol. The molecule has 1 aromatic heterocycles. The second-order valence-corrected chi connectivity index (χ2v) is 8.63. The molecule has 172 valence electrons. The normalized spacial score (nSPS) is 16.8. The Morgan fingerprint density at radius 2 is 1.82 bits per heavy atom. The highest BCUT2D eigenvalue weighted by molar-refractivity contribution is 6.04. The molecule has 2 heterocycles. The van der Waals surface area contributed by atoms with Gasteiger partial charge in [0.1, 0.15) is 6.04 Å². The van der Waals surface area contributed by atoms with Gasteiger partial charge in [0.15, 0.2) is 0 Å². The molecule has 1 aliphatic heterocycles. The van der Waals surface area contributed by atoms with Crippen LogP contribution in [0.2, 0.25) is 0 Å². The minimum Gasteiger partial charge on any atom is -0.361 e. The Balaban J connectivity index is 1.21. The van der Waals surface area contributed by atoms with Crippen LogP contribution in [0.3, 0.4) is 0 Å². The first kappa shape index (κ1) is 22.6. The molecule has 1 fully saturated rings. The zero-order valence-electron chi connectivity index (χ0n) is 18.8. The van der Waals surface area contributed by atoms with Crippen LogP contribution in [0.15, 0.2) is 60.8 Å². The second-order valence-electron chi connectivity index (χ2n) is 8.63. The molecule has 0 radical (unpaired) electrons. The summed E-state index contributed by atoms with van der Waals surface area (Å²) in [6.45, 7) is 2.29. The third-order valence-corrected chi connectivity index (χ3v) is 6.16. The predicted molar refractivity (Wildman–Crippen MR) is 128 cm³/mol. The number of rotatable bonds is 10. The molecule has 2 aromatic carbocycles. The van der Waals surface area contributed by atoms with Crippen LogP contribution in [0.25, 0.3) is 10.9 Å². The Morgan fingerprint density at radius 3 is 2.64 bits per heavy atom. The van der Waals surface area contributed by atoms with Crippen molar-refractivity contribution in [3.8, 4) is 0 Å².